The highest BCUT2D eigenvalue weighted by atomic mass is 35.5. The normalized spacial score (nSPS) is 15.4. The van der Waals surface area contributed by atoms with Crippen LogP contribution in [0.2, 0.25) is 5.02 Å². The highest BCUT2D eigenvalue weighted by molar-refractivity contribution is 6.30. The molecule has 1 N–H and O–H groups in total. The molecule has 2 aromatic carbocycles. The van der Waals surface area contributed by atoms with Crippen molar-refractivity contribution in [3.05, 3.63) is 81.1 Å². The summed E-state index contributed by atoms with van der Waals surface area (Å²) in [5.41, 5.74) is 6.76. The van der Waals surface area contributed by atoms with E-state index in [2.05, 4.69) is 10.4 Å². The number of hydrogen-bond donors (Lipinski definition) is 1. The molecule has 0 saturated carbocycles. The van der Waals surface area contributed by atoms with Crippen LogP contribution in [0.1, 0.15) is 44.7 Å². The lowest BCUT2D eigenvalue weighted by atomic mass is 10.00. The predicted molar refractivity (Wildman–Crippen MR) is 137 cm³/mol. The average molecular weight is 492 g/mol. The van der Waals surface area contributed by atoms with Gasteiger partial charge >= 0.3 is 0 Å². The molecule has 2 amide bonds. The lowest BCUT2D eigenvalue weighted by molar-refractivity contribution is -0.131. The number of fused-ring (bicyclic) bond motifs is 2. The van der Waals surface area contributed by atoms with Crippen LogP contribution in [0.3, 0.4) is 0 Å². The molecule has 2 aliphatic rings. The van der Waals surface area contributed by atoms with Crippen LogP contribution in [0.25, 0.3) is 0 Å². The van der Waals surface area contributed by atoms with Crippen molar-refractivity contribution >= 4 is 29.1 Å². The third-order valence-corrected chi connectivity index (χ3v) is 7.31. The van der Waals surface area contributed by atoms with Crippen molar-refractivity contribution in [2.45, 2.75) is 32.7 Å². The van der Waals surface area contributed by atoms with Gasteiger partial charge in [0, 0.05) is 73.6 Å². The second kappa shape index (κ2) is 9.84. The maximum Gasteiger partial charge on any atom is 0.258 e. The van der Waals surface area contributed by atoms with E-state index in [1.54, 1.807) is 0 Å². The molecule has 3 aromatic rings. The van der Waals surface area contributed by atoms with Gasteiger partial charge in [-0.3, -0.25) is 14.3 Å². The highest BCUT2D eigenvalue weighted by Crippen LogP contribution is 2.33. The largest absolute Gasteiger partial charge is 0.340 e. The number of nitrogens with zero attached hydrogens (tertiary/aromatic N) is 4. The van der Waals surface area contributed by atoms with Gasteiger partial charge in [0.15, 0.2) is 0 Å². The summed E-state index contributed by atoms with van der Waals surface area (Å²) in [6.07, 6.45) is 3.67. The first-order valence-corrected chi connectivity index (χ1v) is 12.5. The number of nitrogens with one attached hydrogen (secondary N) is 1. The van der Waals surface area contributed by atoms with Gasteiger partial charge in [0.05, 0.1) is 12.7 Å². The molecule has 0 aliphatic carbocycles. The number of aryl methyl sites for hydroxylation is 3. The van der Waals surface area contributed by atoms with Crippen LogP contribution in [-0.2, 0) is 31.2 Å². The number of piperazine rings is 1. The number of amides is 2. The molecule has 3 heterocycles. The Kier molecular flexibility index (Phi) is 6.62. The lowest BCUT2D eigenvalue weighted by Gasteiger charge is -2.27. The fourth-order valence-corrected chi connectivity index (χ4v) is 5.22. The smallest absolute Gasteiger partial charge is 0.258 e. The zero-order valence-electron chi connectivity index (χ0n) is 20.2. The fourth-order valence-electron chi connectivity index (χ4n) is 5.02. The molecular weight excluding hydrogens is 462 g/mol. The monoisotopic (exact) mass is 491 g/mol. The number of benzene rings is 2. The Morgan fingerprint density at radius 3 is 2.66 bits per heavy atom. The van der Waals surface area contributed by atoms with E-state index in [1.807, 2.05) is 71.0 Å². The molecule has 1 aromatic heterocycles. The maximum absolute atomic E-state index is 13.8. The van der Waals surface area contributed by atoms with Gasteiger partial charge in [-0.25, -0.2) is 0 Å². The second-order valence-corrected chi connectivity index (χ2v) is 9.79. The molecule has 0 radical (unpaired) electrons. The second-order valence-electron chi connectivity index (χ2n) is 9.35. The minimum Gasteiger partial charge on any atom is -0.340 e. The van der Waals surface area contributed by atoms with Crippen LogP contribution in [0.15, 0.2) is 42.6 Å². The first-order valence-electron chi connectivity index (χ1n) is 12.1. The summed E-state index contributed by atoms with van der Waals surface area (Å²) in [7, 11) is 1.93. The molecule has 5 rings (SSSR count). The van der Waals surface area contributed by atoms with Gasteiger partial charge in [-0.05, 0) is 60.4 Å². The molecule has 8 heteroatoms. The average Bonchev–Trinajstić information content (AvgIpc) is 3.11. The van der Waals surface area contributed by atoms with E-state index >= 15 is 0 Å². The van der Waals surface area contributed by atoms with Crippen LogP contribution in [-0.4, -0.2) is 52.7 Å². The topological polar surface area (TPSA) is 70.5 Å². The Morgan fingerprint density at radius 2 is 1.89 bits per heavy atom. The quantitative estimate of drug-likeness (QED) is 0.606. The number of anilines is 1. The molecule has 0 spiro atoms. The summed E-state index contributed by atoms with van der Waals surface area (Å²) in [4.78, 5) is 30.1. The first-order chi connectivity index (χ1) is 16.9. The van der Waals surface area contributed by atoms with E-state index in [4.69, 9.17) is 11.6 Å². The van der Waals surface area contributed by atoms with Crippen molar-refractivity contribution in [2.75, 3.05) is 31.1 Å². The predicted octanol–water partition coefficient (Wildman–Crippen LogP) is 3.50. The van der Waals surface area contributed by atoms with Crippen molar-refractivity contribution in [1.82, 2.24) is 20.0 Å². The van der Waals surface area contributed by atoms with Crippen molar-refractivity contribution < 1.29 is 9.59 Å². The van der Waals surface area contributed by atoms with E-state index in [1.165, 1.54) is 0 Å². The summed E-state index contributed by atoms with van der Waals surface area (Å²) in [5.74, 6) is 0.134. The highest BCUT2D eigenvalue weighted by Gasteiger charge is 2.27. The Balaban J connectivity index is 1.37. The summed E-state index contributed by atoms with van der Waals surface area (Å²) in [5, 5.41) is 8.33. The van der Waals surface area contributed by atoms with Gasteiger partial charge < -0.3 is 15.1 Å². The zero-order chi connectivity index (χ0) is 24.5. The van der Waals surface area contributed by atoms with E-state index in [9.17, 15) is 9.59 Å². The maximum atomic E-state index is 13.8. The number of carbonyl (C=O) groups excluding carboxylic acids is 2. The van der Waals surface area contributed by atoms with E-state index in [0.717, 1.165) is 59.8 Å². The molecular formula is C27H30ClN5O2. The zero-order valence-corrected chi connectivity index (χ0v) is 20.9. The molecule has 0 atom stereocenters. The molecule has 2 aliphatic heterocycles. The van der Waals surface area contributed by atoms with Gasteiger partial charge in [0.1, 0.15) is 0 Å². The molecule has 7 nitrogen and oxygen atoms in total. The Hall–Kier alpha value is -3.16. The Morgan fingerprint density at radius 1 is 1.09 bits per heavy atom. The summed E-state index contributed by atoms with van der Waals surface area (Å²) in [6.45, 7) is 5.72. The Bertz CT molecular complexity index is 1280. The SMILES string of the molecule is Cc1cc(C(=O)N2Cc3cnn(C)c3Cc3cc(Cl)ccc32)ccc1CCC(=O)N1CCNCC1. The van der Waals surface area contributed by atoms with Crippen molar-refractivity contribution in [3.8, 4) is 0 Å². The van der Waals surface area contributed by atoms with Gasteiger partial charge in [-0.15, -0.1) is 0 Å². The molecule has 182 valence electrons. The third kappa shape index (κ3) is 4.83. The molecule has 35 heavy (non-hydrogen) atoms. The van der Waals surface area contributed by atoms with Crippen LogP contribution in [0.4, 0.5) is 5.69 Å². The summed E-state index contributed by atoms with van der Waals surface area (Å²) in [6, 6.07) is 11.5. The van der Waals surface area contributed by atoms with Gasteiger partial charge in [0.2, 0.25) is 5.91 Å². The summed E-state index contributed by atoms with van der Waals surface area (Å²) >= 11 is 6.30. The van der Waals surface area contributed by atoms with Crippen LogP contribution in [0, 0.1) is 6.92 Å². The van der Waals surface area contributed by atoms with Gasteiger partial charge in [0.25, 0.3) is 5.91 Å². The van der Waals surface area contributed by atoms with E-state index < -0.39 is 0 Å². The molecule has 0 bridgehead atoms. The van der Waals surface area contributed by atoms with Crippen LogP contribution in [0.5, 0.6) is 0 Å². The van der Waals surface area contributed by atoms with Crippen molar-refractivity contribution in [2.24, 2.45) is 7.05 Å². The van der Waals surface area contributed by atoms with Crippen molar-refractivity contribution in [3.63, 3.8) is 0 Å². The third-order valence-electron chi connectivity index (χ3n) is 7.08. The Labute approximate surface area is 210 Å². The van der Waals surface area contributed by atoms with E-state index in [-0.39, 0.29) is 11.8 Å². The van der Waals surface area contributed by atoms with Gasteiger partial charge in [-0.2, -0.15) is 5.10 Å². The number of carbonyl (C=O) groups is 2. The van der Waals surface area contributed by atoms with Crippen molar-refractivity contribution in [1.29, 1.82) is 0 Å². The van der Waals surface area contributed by atoms with Crippen LogP contribution >= 0.6 is 11.6 Å². The summed E-state index contributed by atoms with van der Waals surface area (Å²) < 4.78 is 1.87. The lowest BCUT2D eigenvalue weighted by Crippen LogP contribution is -2.46. The number of rotatable bonds is 4. The standard InChI is InChI=1S/C27H30ClN5O2/c1-18-13-20(4-3-19(18)5-8-26(34)32-11-9-29-10-12-32)27(35)33-17-22-16-30-31(2)25(22)15-21-14-23(28)6-7-24(21)33/h3-4,6-7,13-14,16,29H,5,8-12,15,17H2,1-2H3. The first kappa shape index (κ1) is 23.6. The molecule has 0 unspecified atom stereocenters. The molecule has 1 saturated heterocycles. The molecule has 1 fully saturated rings. The number of halogens is 1. The minimum atomic E-state index is -0.0585. The fraction of sp³-hybridized carbons (Fsp3) is 0.370. The van der Waals surface area contributed by atoms with Gasteiger partial charge in [-0.1, -0.05) is 17.7 Å². The number of hydrogen-bond acceptors (Lipinski definition) is 4. The van der Waals surface area contributed by atoms with E-state index in [0.29, 0.717) is 36.4 Å². The minimum absolute atomic E-state index is 0.0585. The number of aromatic nitrogens is 2. The van der Waals surface area contributed by atoms with Crippen LogP contribution < -0.4 is 10.2 Å².